The molecule has 0 amide bonds. The van der Waals surface area contributed by atoms with E-state index in [2.05, 4.69) is 72.1 Å². The lowest BCUT2D eigenvalue weighted by atomic mass is 9.88. The van der Waals surface area contributed by atoms with Crippen molar-refractivity contribution >= 4 is 15.9 Å². The Balaban J connectivity index is 2.88. The molecule has 1 atom stereocenters. The SMILES string of the molecule is CCN(CC)C(C)(C)C(Cc1cccc(Br)c1)NN. The van der Waals surface area contributed by atoms with E-state index in [9.17, 15) is 0 Å². The largest absolute Gasteiger partial charge is 0.297 e. The van der Waals surface area contributed by atoms with Gasteiger partial charge in [-0.3, -0.25) is 16.2 Å². The number of benzene rings is 1. The van der Waals surface area contributed by atoms with Gasteiger partial charge < -0.3 is 0 Å². The van der Waals surface area contributed by atoms with Crippen LogP contribution < -0.4 is 11.3 Å². The first kappa shape index (κ1) is 16.6. The molecule has 108 valence electrons. The maximum atomic E-state index is 5.80. The molecule has 0 aliphatic rings. The summed E-state index contributed by atoms with van der Waals surface area (Å²) < 4.78 is 1.11. The molecule has 1 unspecified atom stereocenters. The number of nitrogens with zero attached hydrogens (tertiary/aromatic N) is 1. The number of hydrogen-bond donors (Lipinski definition) is 2. The van der Waals surface area contributed by atoms with Gasteiger partial charge in [0.1, 0.15) is 0 Å². The van der Waals surface area contributed by atoms with Crippen LogP contribution >= 0.6 is 15.9 Å². The van der Waals surface area contributed by atoms with Crippen molar-refractivity contribution < 1.29 is 0 Å². The predicted molar refractivity (Wildman–Crippen MR) is 86.0 cm³/mol. The molecule has 0 radical (unpaired) electrons. The highest BCUT2D eigenvalue weighted by Gasteiger charge is 2.33. The number of rotatable bonds is 7. The van der Waals surface area contributed by atoms with Gasteiger partial charge in [0.25, 0.3) is 0 Å². The molecule has 3 N–H and O–H groups in total. The van der Waals surface area contributed by atoms with Crippen molar-refractivity contribution in [3.05, 3.63) is 34.3 Å². The normalized spacial score (nSPS) is 13.8. The van der Waals surface area contributed by atoms with E-state index in [1.165, 1.54) is 5.56 Å². The number of hydrogen-bond acceptors (Lipinski definition) is 3. The summed E-state index contributed by atoms with van der Waals surface area (Å²) in [5.41, 5.74) is 4.31. The number of nitrogens with one attached hydrogen (secondary N) is 1. The highest BCUT2D eigenvalue weighted by molar-refractivity contribution is 9.10. The topological polar surface area (TPSA) is 41.3 Å². The highest BCUT2D eigenvalue weighted by Crippen LogP contribution is 2.22. The summed E-state index contributed by atoms with van der Waals surface area (Å²) in [4.78, 5) is 2.44. The molecule has 0 saturated carbocycles. The van der Waals surface area contributed by atoms with Crippen molar-refractivity contribution in [2.24, 2.45) is 5.84 Å². The van der Waals surface area contributed by atoms with Gasteiger partial charge in [0, 0.05) is 16.1 Å². The van der Waals surface area contributed by atoms with Crippen molar-refractivity contribution in [2.45, 2.75) is 45.7 Å². The fraction of sp³-hybridized carbons (Fsp3) is 0.600. The van der Waals surface area contributed by atoms with Crippen molar-refractivity contribution in [2.75, 3.05) is 13.1 Å². The van der Waals surface area contributed by atoms with Crippen LogP contribution in [0.4, 0.5) is 0 Å². The maximum absolute atomic E-state index is 5.80. The van der Waals surface area contributed by atoms with Gasteiger partial charge in [-0.2, -0.15) is 0 Å². The summed E-state index contributed by atoms with van der Waals surface area (Å²) in [7, 11) is 0. The van der Waals surface area contributed by atoms with Crippen molar-refractivity contribution in [3.63, 3.8) is 0 Å². The van der Waals surface area contributed by atoms with Gasteiger partial charge in [-0.1, -0.05) is 41.9 Å². The molecule has 0 bridgehead atoms. The van der Waals surface area contributed by atoms with Gasteiger partial charge in [0.05, 0.1) is 0 Å². The Hall–Kier alpha value is -0.420. The molecule has 0 aliphatic heterocycles. The molecule has 0 aliphatic carbocycles. The van der Waals surface area contributed by atoms with Crippen LogP contribution in [0.2, 0.25) is 0 Å². The molecule has 1 aromatic rings. The third-order valence-electron chi connectivity index (χ3n) is 3.96. The van der Waals surface area contributed by atoms with Crippen LogP contribution in [0.25, 0.3) is 0 Å². The summed E-state index contributed by atoms with van der Waals surface area (Å²) in [6, 6.07) is 8.62. The summed E-state index contributed by atoms with van der Waals surface area (Å²) in [5, 5.41) is 0. The lowest BCUT2D eigenvalue weighted by Crippen LogP contribution is -2.60. The second kappa shape index (κ2) is 7.39. The van der Waals surface area contributed by atoms with Gasteiger partial charge in [-0.05, 0) is 51.1 Å². The minimum atomic E-state index is 0.0145. The molecule has 0 spiro atoms. The van der Waals surface area contributed by atoms with Crippen LogP contribution in [0.5, 0.6) is 0 Å². The standard InChI is InChI=1S/C15H26BrN3/c1-5-19(6-2)15(3,4)14(18-17)11-12-8-7-9-13(16)10-12/h7-10,14,18H,5-6,11,17H2,1-4H3. The molecule has 3 nitrogen and oxygen atoms in total. The summed E-state index contributed by atoms with van der Waals surface area (Å²) in [6.45, 7) is 10.9. The summed E-state index contributed by atoms with van der Waals surface area (Å²) in [6.07, 6.45) is 0.916. The second-order valence-electron chi connectivity index (χ2n) is 5.38. The van der Waals surface area contributed by atoms with Gasteiger partial charge in [0.2, 0.25) is 0 Å². The predicted octanol–water partition coefficient (Wildman–Crippen LogP) is 2.94. The monoisotopic (exact) mass is 327 g/mol. The number of hydrazine groups is 1. The Labute approximate surface area is 125 Å². The smallest absolute Gasteiger partial charge is 0.0429 e. The summed E-state index contributed by atoms with van der Waals surface area (Å²) in [5.74, 6) is 5.80. The Morgan fingerprint density at radius 1 is 1.32 bits per heavy atom. The molecular weight excluding hydrogens is 302 g/mol. The average molecular weight is 328 g/mol. The third kappa shape index (κ3) is 4.28. The number of halogens is 1. The van der Waals surface area contributed by atoms with E-state index in [1.807, 2.05) is 6.07 Å². The zero-order chi connectivity index (χ0) is 14.5. The van der Waals surface area contributed by atoms with Crippen molar-refractivity contribution in [1.29, 1.82) is 0 Å². The fourth-order valence-corrected chi connectivity index (χ4v) is 3.12. The lowest BCUT2D eigenvalue weighted by Gasteiger charge is -2.43. The van der Waals surface area contributed by atoms with Crippen LogP contribution in [-0.2, 0) is 6.42 Å². The first-order chi connectivity index (χ1) is 8.95. The third-order valence-corrected chi connectivity index (χ3v) is 4.45. The van der Waals surface area contributed by atoms with E-state index in [0.29, 0.717) is 0 Å². The van der Waals surface area contributed by atoms with Crippen molar-refractivity contribution in [3.8, 4) is 0 Å². The zero-order valence-corrected chi connectivity index (χ0v) is 14.0. The Morgan fingerprint density at radius 3 is 2.42 bits per heavy atom. The molecule has 0 saturated heterocycles. The van der Waals surface area contributed by atoms with Gasteiger partial charge in [-0.25, -0.2) is 0 Å². The van der Waals surface area contributed by atoms with Gasteiger partial charge in [-0.15, -0.1) is 0 Å². The van der Waals surface area contributed by atoms with Crippen LogP contribution in [0.1, 0.15) is 33.3 Å². The molecule has 4 heteroatoms. The lowest BCUT2D eigenvalue weighted by molar-refractivity contribution is 0.0912. The molecule has 19 heavy (non-hydrogen) atoms. The molecule has 0 aromatic heterocycles. The average Bonchev–Trinajstić information content (AvgIpc) is 2.37. The van der Waals surface area contributed by atoms with Crippen LogP contribution in [-0.4, -0.2) is 29.6 Å². The molecule has 0 heterocycles. The fourth-order valence-electron chi connectivity index (χ4n) is 2.67. The van der Waals surface area contributed by atoms with E-state index < -0.39 is 0 Å². The van der Waals surface area contributed by atoms with Crippen LogP contribution in [0.15, 0.2) is 28.7 Å². The first-order valence-corrected chi connectivity index (χ1v) is 7.70. The molecule has 1 rings (SSSR count). The van der Waals surface area contributed by atoms with Gasteiger partial charge in [0.15, 0.2) is 0 Å². The Bertz CT molecular complexity index is 389. The molecular formula is C15H26BrN3. The van der Waals surface area contributed by atoms with Crippen molar-refractivity contribution in [1.82, 2.24) is 10.3 Å². The van der Waals surface area contributed by atoms with Crippen LogP contribution in [0, 0.1) is 0 Å². The van der Waals surface area contributed by atoms with E-state index in [0.717, 1.165) is 24.0 Å². The Morgan fingerprint density at radius 2 is 1.95 bits per heavy atom. The Kier molecular flexibility index (Phi) is 6.47. The molecule has 1 aromatic carbocycles. The van der Waals surface area contributed by atoms with E-state index >= 15 is 0 Å². The summed E-state index contributed by atoms with van der Waals surface area (Å²) >= 11 is 3.52. The van der Waals surface area contributed by atoms with E-state index in [1.54, 1.807) is 0 Å². The van der Waals surface area contributed by atoms with Gasteiger partial charge >= 0.3 is 0 Å². The maximum Gasteiger partial charge on any atom is 0.0429 e. The number of likely N-dealkylation sites (N-methyl/N-ethyl adjacent to an activating group) is 1. The van der Waals surface area contributed by atoms with Crippen LogP contribution in [0.3, 0.4) is 0 Å². The highest BCUT2D eigenvalue weighted by atomic mass is 79.9. The second-order valence-corrected chi connectivity index (χ2v) is 6.29. The number of nitrogens with two attached hydrogens (primary N) is 1. The minimum absolute atomic E-state index is 0.0145. The minimum Gasteiger partial charge on any atom is -0.297 e. The van der Waals surface area contributed by atoms with E-state index in [4.69, 9.17) is 5.84 Å². The zero-order valence-electron chi connectivity index (χ0n) is 12.4. The quantitative estimate of drug-likeness (QED) is 0.597. The molecule has 0 fully saturated rings. The first-order valence-electron chi connectivity index (χ1n) is 6.91. The van der Waals surface area contributed by atoms with E-state index in [-0.39, 0.29) is 11.6 Å².